The van der Waals surface area contributed by atoms with Crippen LogP contribution in [0.15, 0.2) is 48.5 Å². The van der Waals surface area contributed by atoms with E-state index in [0.717, 1.165) is 3.57 Å². The summed E-state index contributed by atoms with van der Waals surface area (Å²) in [6.07, 6.45) is 0. The molecule has 23 heavy (non-hydrogen) atoms. The molecule has 120 valence electrons. The highest BCUT2D eigenvalue weighted by atomic mass is 127. The van der Waals surface area contributed by atoms with Crippen molar-refractivity contribution in [3.05, 3.63) is 57.9 Å². The van der Waals surface area contributed by atoms with E-state index in [2.05, 4.69) is 33.2 Å². The maximum absolute atomic E-state index is 12.7. The minimum atomic E-state index is -0.405. The van der Waals surface area contributed by atoms with Gasteiger partial charge >= 0.3 is 0 Å². The van der Waals surface area contributed by atoms with Gasteiger partial charge in [0, 0.05) is 9.26 Å². The van der Waals surface area contributed by atoms with Gasteiger partial charge in [0.15, 0.2) is 6.61 Å². The van der Waals surface area contributed by atoms with Gasteiger partial charge in [-0.1, -0.05) is 0 Å². The summed E-state index contributed by atoms with van der Waals surface area (Å²) in [6, 6.07) is 12.6. The first-order chi connectivity index (χ1) is 11.0. The first kappa shape index (κ1) is 17.2. The molecule has 2 rings (SSSR count). The van der Waals surface area contributed by atoms with Crippen molar-refractivity contribution in [1.82, 2.24) is 5.32 Å². The second-order valence-corrected chi connectivity index (χ2v) is 5.82. The number of hydrogen-bond acceptors (Lipinski definition) is 3. The molecule has 2 N–H and O–H groups in total. The number of nitrogens with one attached hydrogen (secondary N) is 2. The molecular formula is C16H14FIN2O3. The largest absolute Gasteiger partial charge is 0.484 e. The Kier molecular flexibility index (Phi) is 6.33. The fourth-order valence-electron chi connectivity index (χ4n) is 1.65. The molecule has 0 saturated carbocycles. The van der Waals surface area contributed by atoms with Gasteiger partial charge in [-0.2, -0.15) is 0 Å². The Morgan fingerprint density at radius 3 is 2.30 bits per heavy atom. The summed E-state index contributed by atoms with van der Waals surface area (Å²) < 4.78 is 19.1. The van der Waals surface area contributed by atoms with Crippen LogP contribution in [0.2, 0.25) is 0 Å². The normalized spacial score (nSPS) is 10.0. The van der Waals surface area contributed by atoms with Gasteiger partial charge in [-0.05, 0) is 71.1 Å². The molecule has 0 spiro atoms. The molecule has 0 saturated heterocycles. The van der Waals surface area contributed by atoms with Crippen LogP contribution in [0.3, 0.4) is 0 Å². The van der Waals surface area contributed by atoms with E-state index in [1.54, 1.807) is 12.1 Å². The van der Waals surface area contributed by atoms with E-state index >= 15 is 0 Å². The van der Waals surface area contributed by atoms with Gasteiger partial charge in [0.25, 0.3) is 5.91 Å². The molecule has 5 nitrogen and oxygen atoms in total. The van der Waals surface area contributed by atoms with E-state index < -0.39 is 11.8 Å². The number of carbonyl (C=O) groups is 2. The highest BCUT2D eigenvalue weighted by molar-refractivity contribution is 14.1. The molecule has 0 radical (unpaired) electrons. The van der Waals surface area contributed by atoms with Crippen LogP contribution < -0.4 is 15.4 Å². The van der Waals surface area contributed by atoms with Crippen LogP contribution in [0.25, 0.3) is 0 Å². The zero-order chi connectivity index (χ0) is 16.7. The van der Waals surface area contributed by atoms with Crippen molar-refractivity contribution in [3.8, 4) is 5.75 Å². The van der Waals surface area contributed by atoms with Gasteiger partial charge < -0.3 is 15.4 Å². The lowest BCUT2D eigenvalue weighted by atomic mass is 10.3. The van der Waals surface area contributed by atoms with Crippen LogP contribution in [0.4, 0.5) is 10.1 Å². The predicted octanol–water partition coefficient (Wildman–Crippen LogP) is 2.56. The molecule has 0 aliphatic rings. The van der Waals surface area contributed by atoms with E-state index in [9.17, 15) is 14.0 Å². The van der Waals surface area contributed by atoms with E-state index in [-0.39, 0.29) is 19.0 Å². The van der Waals surface area contributed by atoms with Gasteiger partial charge in [-0.25, -0.2) is 4.39 Å². The molecule has 0 aromatic heterocycles. The highest BCUT2D eigenvalue weighted by Crippen LogP contribution is 2.13. The van der Waals surface area contributed by atoms with Crippen molar-refractivity contribution in [2.24, 2.45) is 0 Å². The Morgan fingerprint density at radius 2 is 1.65 bits per heavy atom. The Bertz CT molecular complexity index is 675. The van der Waals surface area contributed by atoms with Crippen molar-refractivity contribution < 1.29 is 18.7 Å². The van der Waals surface area contributed by atoms with Crippen LogP contribution in [-0.4, -0.2) is 25.0 Å². The number of rotatable bonds is 6. The fourth-order valence-corrected chi connectivity index (χ4v) is 2.01. The molecule has 0 bridgehead atoms. The van der Waals surface area contributed by atoms with Crippen molar-refractivity contribution in [3.63, 3.8) is 0 Å². The zero-order valence-corrected chi connectivity index (χ0v) is 14.2. The number of carbonyl (C=O) groups excluding carboxylic acids is 2. The Morgan fingerprint density at radius 1 is 1.00 bits per heavy atom. The highest BCUT2D eigenvalue weighted by Gasteiger charge is 2.07. The quantitative estimate of drug-likeness (QED) is 0.696. The summed E-state index contributed by atoms with van der Waals surface area (Å²) in [5.41, 5.74) is 0.459. The van der Waals surface area contributed by atoms with E-state index in [1.807, 2.05) is 12.1 Å². The van der Waals surface area contributed by atoms with Crippen LogP contribution in [-0.2, 0) is 9.59 Å². The van der Waals surface area contributed by atoms with Crippen molar-refractivity contribution in [1.29, 1.82) is 0 Å². The summed E-state index contributed by atoms with van der Waals surface area (Å²) in [5, 5.41) is 4.99. The summed E-state index contributed by atoms with van der Waals surface area (Å²) >= 11 is 2.17. The number of amides is 2. The lowest BCUT2D eigenvalue weighted by Gasteiger charge is -2.08. The number of ether oxygens (including phenoxy) is 1. The van der Waals surface area contributed by atoms with Crippen LogP contribution in [0.5, 0.6) is 5.75 Å². The molecule has 0 aliphatic carbocycles. The number of hydrogen-bond donors (Lipinski definition) is 2. The molecule has 0 atom stereocenters. The molecule has 0 fully saturated rings. The lowest BCUT2D eigenvalue weighted by Crippen LogP contribution is -2.35. The van der Waals surface area contributed by atoms with Gasteiger partial charge in [-0.3, -0.25) is 9.59 Å². The SMILES string of the molecule is O=C(COc1ccc(I)cc1)NCC(=O)Nc1ccc(F)cc1. The Hall–Kier alpha value is -2.16. The topological polar surface area (TPSA) is 67.4 Å². The van der Waals surface area contributed by atoms with Crippen molar-refractivity contribution >= 4 is 40.1 Å². The van der Waals surface area contributed by atoms with Crippen LogP contribution in [0, 0.1) is 9.39 Å². The minimum Gasteiger partial charge on any atom is -0.484 e. The number of anilines is 1. The number of benzene rings is 2. The van der Waals surface area contributed by atoms with Gasteiger partial charge in [-0.15, -0.1) is 0 Å². The Labute approximate surface area is 146 Å². The molecule has 2 aromatic carbocycles. The average Bonchev–Trinajstić information content (AvgIpc) is 2.54. The monoisotopic (exact) mass is 428 g/mol. The molecule has 0 unspecified atom stereocenters. The molecule has 2 aromatic rings. The first-order valence-electron chi connectivity index (χ1n) is 6.73. The molecule has 7 heteroatoms. The summed E-state index contributed by atoms with van der Waals surface area (Å²) in [4.78, 5) is 23.3. The third-order valence-corrected chi connectivity index (χ3v) is 3.48. The average molecular weight is 428 g/mol. The third kappa shape index (κ3) is 6.23. The third-order valence-electron chi connectivity index (χ3n) is 2.76. The fraction of sp³-hybridized carbons (Fsp3) is 0.125. The van der Waals surface area contributed by atoms with E-state index in [0.29, 0.717) is 11.4 Å². The Balaban J connectivity index is 1.70. The van der Waals surface area contributed by atoms with E-state index in [1.165, 1.54) is 24.3 Å². The summed E-state index contributed by atoms with van der Waals surface area (Å²) in [7, 11) is 0. The van der Waals surface area contributed by atoms with Gasteiger partial charge in [0.05, 0.1) is 6.54 Å². The number of halogens is 2. The van der Waals surface area contributed by atoms with Gasteiger partial charge in [0.1, 0.15) is 11.6 Å². The molecule has 0 aliphatic heterocycles. The van der Waals surface area contributed by atoms with Crippen molar-refractivity contribution in [2.75, 3.05) is 18.5 Å². The molecule has 0 heterocycles. The van der Waals surface area contributed by atoms with Crippen LogP contribution in [0.1, 0.15) is 0 Å². The molecular weight excluding hydrogens is 414 g/mol. The smallest absolute Gasteiger partial charge is 0.258 e. The second-order valence-electron chi connectivity index (χ2n) is 4.57. The maximum Gasteiger partial charge on any atom is 0.258 e. The summed E-state index contributed by atoms with van der Waals surface area (Å²) in [6.45, 7) is -0.364. The van der Waals surface area contributed by atoms with Crippen molar-refractivity contribution in [2.45, 2.75) is 0 Å². The van der Waals surface area contributed by atoms with Gasteiger partial charge in [0.2, 0.25) is 5.91 Å². The van der Waals surface area contributed by atoms with Crippen LogP contribution >= 0.6 is 22.6 Å². The van der Waals surface area contributed by atoms with E-state index in [4.69, 9.17) is 4.74 Å². The maximum atomic E-state index is 12.7. The second kappa shape index (κ2) is 8.47. The zero-order valence-electron chi connectivity index (χ0n) is 12.0. The molecule has 2 amide bonds. The summed E-state index contributed by atoms with van der Waals surface area (Å²) in [5.74, 6) is -0.614. The minimum absolute atomic E-state index is 0.176. The first-order valence-corrected chi connectivity index (χ1v) is 7.81. The lowest BCUT2D eigenvalue weighted by molar-refractivity contribution is -0.125. The predicted molar refractivity (Wildman–Crippen MR) is 92.7 cm³/mol. The standard InChI is InChI=1S/C16H14FIN2O3/c17-11-1-5-13(6-2-11)20-15(21)9-19-16(22)10-23-14-7-3-12(18)4-8-14/h1-8H,9-10H2,(H,19,22)(H,20,21).